The highest BCUT2D eigenvalue weighted by Gasteiger charge is 2.21. The lowest BCUT2D eigenvalue weighted by atomic mass is 10.1. The molecule has 0 fully saturated rings. The van der Waals surface area contributed by atoms with Gasteiger partial charge < -0.3 is 4.57 Å². The zero-order valence-corrected chi connectivity index (χ0v) is 17.8. The van der Waals surface area contributed by atoms with E-state index in [2.05, 4.69) is 34.3 Å². The second-order valence-electron chi connectivity index (χ2n) is 7.96. The summed E-state index contributed by atoms with van der Waals surface area (Å²) < 4.78 is 3.90. The van der Waals surface area contributed by atoms with Crippen LogP contribution in [0.1, 0.15) is 0 Å². The molecule has 4 aromatic carbocycles. The maximum Gasteiger partial charge on any atom is 0.270 e. The lowest BCUT2D eigenvalue weighted by molar-refractivity contribution is 0.914. The Bertz CT molecular complexity index is 1630. The van der Waals surface area contributed by atoms with Gasteiger partial charge in [-0.15, -0.1) is 0 Å². The third-order valence-electron chi connectivity index (χ3n) is 5.93. The molecule has 2 aromatic heterocycles. The highest BCUT2D eigenvalue weighted by Crippen LogP contribution is 2.37. The van der Waals surface area contributed by atoms with Crippen LogP contribution in [0.2, 0.25) is 0 Å². The van der Waals surface area contributed by atoms with Crippen LogP contribution in [0, 0.1) is 0 Å². The second-order valence-corrected chi connectivity index (χ2v) is 7.96. The summed E-state index contributed by atoms with van der Waals surface area (Å²) in [5, 5.41) is 1.99. The molecule has 33 heavy (non-hydrogen) atoms. The minimum atomic E-state index is -0.110. The van der Waals surface area contributed by atoms with E-state index in [4.69, 9.17) is 0 Å². The number of fused-ring (bicyclic) bond motifs is 3. The van der Waals surface area contributed by atoms with Gasteiger partial charge in [0.2, 0.25) is 0 Å². The van der Waals surface area contributed by atoms with Crippen molar-refractivity contribution in [3.05, 3.63) is 132 Å². The fraction of sp³-hybridized carbons (Fsp3) is 0. The molecule has 0 aliphatic rings. The molecule has 0 atom stereocenters. The van der Waals surface area contributed by atoms with Gasteiger partial charge in [-0.25, -0.2) is 4.68 Å². The summed E-state index contributed by atoms with van der Waals surface area (Å²) in [5.74, 6) is 0. The third kappa shape index (κ3) is 3.20. The Kier molecular flexibility index (Phi) is 4.55. The number of aromatic nitrogens is 2. The lowest BCUT2D eigenvalue weighted by Crippen LogP contribution is -2.27. The van der Waals surface area contributed by atoms with Gasteiger partial charge in [-0.05, 0) is 30.3 Å². The number of para-hydroxylation sites is 3. The van der Waals surface area contributed by atoms with Crippen molar-refractivity contribution in [1.29, 1.82) is 0 Å². The van der Waals surface area contributed by atoms with Gasteiger partial charge in [-0.3, -0.25) is 10.2 Å². The van der Waals surface area contributed by atoms with E-state index in [0.29, 0.717) is 0 Å². The van der Waals surface area contributed by atoms with Crippen molar-refractivity contribution >= 4 is 27.5 Å². The third-order valence-corrected chi connectivity index (χ3v) is 5.93. The number of benzene rings is 4. The van der Waals surface area contributed by atoms with E-state index >= 15 is 0 Å². The molecule has 0 aliphatic carbocycles. The zero-order chi connectivity index (χ0) is 22.2. The van der Waals surface area contributed by atoms with Gasteiger partial charge in [-0.2, -0.15) is 0 Å². The minimum absolute atomic E-state index is 0.110. The fourth-order valence-electron chi connectivity index (χ4n) is 4.51. The maximum absolute atomic E-state index is 13.5. The summed E-state index contributed by atoms with van der Waals surface area (Å²) in [7, 11) is 0. The first-order chi connectivity index (χ1) is 16.3. The fourth-order valence-corrected chi connectivity index (χ4v) is 4.51. The van der Waals surface area contributed by atoms with Crippen molar-refractivity contribution < 1.29 is 0 Å². The van der Waals surface area contributed by atoms with Crippen LogP contribution >= 0.6 is 0 Å². The molecule has 6 rings (SSSR count). The lowest BCUT2D eigenvalue weighted by Gasteiger charge is -2.18. The Morgan fingerprint density at radius 3 is 1.94 bits per heavy atom. The van der Waals surface area contributed by atoms with E-state index in [1.807, 2.05) is 91.0 Å². The zero-order valence-electron chi connectivity index (χ0n) is 17.8. The molecule has 0 saturated carbocycles. The highest BCUT2D eigenvalue weighted by molar-refractivity contribution is 6.13. The first-order valence-electron chi connectivity index (χ1n) is 10.9. The summed E-state index contributed by atoms with van der Waals surface area (Å²) in [6.45, 7) is 0. The van der Waals surface area contributed by atoms with Gasteiger partial charge in [0, 0.05) is 28.1 Å². The van der Waals surface area contributed by atoms with Crippen molar-refractivity contribution in [2.45, 2.75) is 0 Å². The van der Waals surface area contributed by atoms with Gasteiger partial charge in [0.25, 0.3) is 5.56 Å². The quantitative estimate of drug-likeness (QED) is 0.349. The predicted octanol–water partition coefficient (Wildman–Crippen LogP) is 6.49. The Morgan fingerprint density at radius 2 is 1.21 bits per heavy atom. The van der Waals surface area contributed by atoms with Crippen LogP contribution in [0.3, 0.4) is 0 Å². The number of nitrogens with one attached hydrogen (secondary N) is 1. The summed E-state index contributed by atoms with van der Waals surface area (Å²) in [6, 6.07) is 40.1. The van der Waals surface area contributed by atoms with E-state index < -0.39 is 0 Å². The average Bonchev–Trinajstić information content (AvgIpc) is 3.20. The van der Waals surface area contributed by atoms with Gasteiger partial charge in [-0.1, -0.05) is 84.9 Å². The first kappa shape index (κ1) is 19.1. The van der Waals surface area contributed by atoms with Crippen LogP contribution in [0.25, 0.3) is 38.8 Å². The van der Waals surface area contributed by atoms with Crippen molar-refractivity contribution in [2.75, 3.05) is 5.43 Å². The van der Waals surface area contributed by atoms with Crippen molar-refractivity contribution in [2.24, 2.45) is 0 Å². The molecule has 0 bridgehead atoms. The van der Waals surface area contributed by atoms with Crippen LogP contribution in [-0.2, 0) is 0 Å². The molecule has 1 N–H and O–H groups in total. The molecule has 0 amide bonds. The highest BCUT2D eigenvalue weighted by atomic mass is 16.1. The second kappa shape index (κ2) is 7.84. The largest absolute Gasteiger partial charge is 0.307 e. The molecule has 158 valence electrons. The standard InChI is InChI=1S/C29H21N3O/c33-27-20-25-24-18-10-11-19-26(24)31(23-16-8-3-9-17-23)29(25)28(21-12-4-1-5-13-21)32(27)30-22-14-6-2-7-15-22/h1-20,30H. The van der Waals surface area contributed by atoms with E-state index in [0.717, 1.165) is 44.4 Å². The number of hydrogen-bond donors (Lipinski definition) is 1. The minimum Gasteiger partial charge on any atom is -0.307 e. The number of hydrogen-bond acceptors (Lipinski definition) is 2. The number of pyridine rings is 1. The van der Waals surface area contributed by atoms with E-state index in [-0.39, 0.29) is 5.56 Å². The van der Waals surface area contributed by atoms with Crippen LogP contribution in [0.5, 0.6) is 0 Å². The molecule has 0 aliphatic heterocycles. The van der Waals surface area contributed by atoms with Crippen LogP contribution in [-0.4, -0.2) is 9.24 Å². The summed E-state index contributed by atoms with van der Waals surface area (Å²) in [4.78, 5) is 13.5. The van der Waals surface area contributed by atoms with E-state index in [1.165, 1.54) is 0 Å². The van der Waals surface area contributed by atoms with Gasteiger partial charge in [0.05, 0.1) is 22.4 Å². The molecule has 0 spiro atoms. The molecule has 0 unspecified atom stereocenters. The van der Waals surface area contributed by atoms with Crippen LogP contribution in [0.4, 0.5) is 5.69 Å². The summed E-state index contributed by atoms with van der Waals surface area (Å²) in [5.41, 5.74) is 8.96. The average molecular weight is 428 g/mol. The van der Waals surface area contributed by atoms with Crippen molar-refractivity contribution in [3.8, 4) is 16.9 Å². The first-order valence-corrected chi connectivity index (χ1v) is 10.9. The SMILES string of the molecule is O=c1cc2c3ccccc3n(-c3ccccc3)c2c(-c2ccccc2)n1Nc1ccccc1. The van der Waals surface area contributed by atoms with E-state index in [1.54, 1.807) is 10.7 Å². The Labute approximate surface area is 190 Å². The molecule has 2 heterocycles. The van der Waals surface area contributed by atoms with Crippen molar-refractivity contribution in [3.63, 3.8) is 0 Å². The molecule has 4 nitrogen and oxygen atoms in total. The van der Waals surface area contributed by atoms with Gasteiger partial charge in [0.1, 0.15) is 0 Å². The topological polar surface area (TPSA) is 39.0 Å². The molecule has 0 radical (unpaired) electrons. The number of anilines is 1. The summed E-state index contributed by atoms with van der Waals surface area (Å²) in [6.07, 6.45) is 0. The maximum atomic E-state index is 13.5. The van der Waals surface area contributed by atoms with Gasteiger partial charge >= 0.3 is 0 Å². The number of nitrogens with zero attached hydrogens (tertiary/aromatic N) is 2. The van der Waals surface area contributed by atoms with Crippen LogP contribution in [0.15, 0.2) is 126 Å². The molecular weight excluding hydrogens is 406 g/mol. The Hall–Kier alpha value is -4.57. The number of rotatable bonds is 4. The normalized spacial score (nSPS) is 11.2. The smallest absolute Gasteiger partial charge is 0.270 e. The Morgan fingerprint density at radius 1 is 0.606 bits per heavy atom. The molecular formula is C29H21N3O. The van der Waals surface area contributed by atoms with Crippen molar-refractivity contribution in [1.82, 2.24) is 9.24 Å². The summed E-state index contributed by atoms with van der Waals surface area (Å²) >= 11 is 0. The van der Waals surface area contributed by atoms with Crippen LogP contribution < -0.4 is 11.0 Å². The van der Waals surface area contributed by atoms with Gasteiger partial charge in [0.15, 0.2) is 0 Å². The predicted molar refractivity (Wildman–Crippen MR) is 136 cm³/mol. The Balaban J connectivity index is 1.80. The molecule has 4 heteroatoms. The monoisotopic (exact) mass is 427 g/mol. The molecule has 0 saturated heterocycles. The molecule has 6 aromatic rings. The van der Waals surface area contributed by atoms with E-state index in [9.17, 15) is 4.79 Å².